The fraction of sp³-hybridized carbons (Fsp3) is 0.500. The van der Waals surface area contributed by atoms with Gasteiger partial charge >= 0.3 is 0 Å². The summed E-state index contributed by atoms with van der Waals surface area (Å²) >= 11 is 0. The van der Waals surface area contributed by atoms with E-state index in [0.29, 0.717) is 12.0 Å². The Morgan fingerprint density at radius 1 is 1.19 bits per heavy atom. The molecule has 1 aliphatic heterocycles. The Morgan fingerprint density at radius 2 is 2.00 bits per heavy atom. The van der Waals surface area contributed by atoms with Crippen LogP contribution in [0.2, 0.25) is 0 Å². The Morgan fingerprint density at radius 3 is 2.88 bits per heavy atom. The molecule has 2 unspecified atom stereocenters. The minimum Gasteiger partial charge on any atom is -0.381 e. The third kappa shape index (κ3) is 1.44. The van der Waals surface area contributed by atoms with Crippen molar-refractivity contribution in [1.82, 2.24) is 5.32 Å². The Hall–Kier alpha value is -1.31. The summed E-state index contributed by atoms with van der Waals surface area (Å²) < 4.78 is 0. The maximum atomic E-state index is 4.55. The third-order valence-corrected chi connectivity index (χ3v) is 3.81. The first-order valence-electron chi connectivity index (χ1n) is 6.21. The van der Waals surface area contributed by atoms with Crippen molar-refractivity contribution < 1.29 is 0 Å². The summed E-state index contributed by atoms with van der Waals surface area (Å²) in [4.78, 5) is 4.55. The lowest BCUT2D eigenvalue weighted by molar-refractivity contribution is 0.527. The molecule has 2 heteroatoms. The smallest absolute Gasteiger partial charge is 0.0563 e. The molecule has 0 fully saturated rings. The molecule has 16 heavy (non-hydrogen) atoms. The summed E-state index contributed by atoms with van der Waals surface area (Å²) in [6, 6.07) is 0.431. The zero-order valence-electron chi connectivity index (χ0n) is 9.74. The van der Waals surface area contributed by atoms with Crippen LogP contribution in [-0.4, -0.2) is 18.8 Å². The molecular formula is C14H18N2. The first-order chi connectivity index (χ1) is 7.90. The molecule has 84 valence electrons. The van der Waals surface area contributed by atoms with E-state index in [9.17, 15) is 0 Å². The third-order valence-electron chi connectivity index (χ3n) is 3.81. The molecule has 3 rings (SSSR count). The number of nitrogens with zero attached hydrogens (tertiary/aromatic N) is 1. The van der Waals surface area contributed by atoms with Crippen LogP contribution in [0.1, 0.15) is 25.7 Å². The number of rotatable bonds is 0. The number of hydrogen-bond acceptors (Lipinski definition) is 2. The van der Waals surface area contributed by atoms with Gasteiger partial charge in [-0.2, -0.15) is 0 Å². The SMILES string of the molecule is CN=C1C2=C(CCCC2)NC2C=CC=CC12. The van der Waals surface area contributed by atoms with E-state index in [-0.39, 0.29) is 0 Å². The average molecular weight is 214 g/mol. The summed E-state index contributed by atoms with van der Waals surface area (Å²) in [5.41, 5.74) is 4.27. The molecule has 0 aromatic carbocycles. The molecule has 0 saturated carbocycles. The molecule has 0 radical (unpaired) electrons. The van der Waals surface area contributed by atoms with Crippen LogP contribution in [-0.2, 0) is 0 Å². The van der Waals surface area contributed by atoms with Gasteiger partial charge in [-0.05, 0) is 31.3 Å². The standard InChI is InChI=1S/C14H18N2/c1-15-14-10-6-2-4-8-12(10)16-13-9-5-3-7-11(13)14/h2,4,6,8,10,12,16H,3,5,7,9H2,1H3. The van der Waals surface area contributed by atoms with Crippen LogP contribution in [0, 0.1) is 5.92 Å². The molecule has 2 atom stereocenters. The van der Waals surface area contributed by atoms with E-state index < -0.39 is 0 Å². The Labute approximate surface area is 96.8 Å². The van der Waals surface area contributed by atoms with Crippen LogP contribution >= 0.6 is 0 Å². The molecule has 2 nitrogen and oxygen atoms in total. The van der Waals surface area contributed by atoms with Crippen molar-refractivity contribution in [3.05, 3.63) is 35.6 Å². The summed E-state index contributed by atoms with van der Waals surface area (Å²) in [7, 11) is 1.93. The van der Waals surface area contributed by atoms with E-state index in [0.717, 1.165) is 0 Å². The van der Waals surface area contributed by atoms with E-state index in [1.54, 1.807) is 0 Å². The fourth-order valence-corrected chi connectivity index (χ4v) is 3.04. The van der Waals surface area contributed by atoms with Gasteiger partial charge in [-0.1, -0.05) is 24.3 Å². The van der Waals surface area contributed by atoms with Gasteiger partial charge < -0.3 is 5.32 Å². The monoisotopic (exact) mass is 214 g/mol. The highest BCUT2D eigenvalue weighted by molar-refractivity contribution is 6.05. The molecule has 2 aliphatic carbocycles. The molecule has 0 aromatic rings. The van der Waals surface area contributed by atoms with E-state index in [1.165, 1.54) is 42.7 Å². The number of allylic oxidation sites excluding steroid dienone is 4. The van der Waals surface area contributed by atoms with Crippen molar-refractivity contribution in [3.8, 4) is 0 Å². The average Bonchev–Trinajstić information content (AvgIpc) is 2.36. The fourth-order valence-electron chi connectivity index (χ4n) is 3.04. The molecule has 1 heterocycles. The van der Waals surface area contributed by atoms with Gasteiger partial charge in [0.15, 0.2) is 0 Å². The molecule has 0 aromatic heterocycles. The highest BCUT2D eigenvalue weighted by atomic mass is 15.0. The summed E-state index contributed by atoms with van der Waals surface area (Å²) in [6.45, 7) is 0. The number of hydrogen-bond donors (Lipinski definition) is 1. The molecule has 0 bridgehead atoms. The topological polar surface area (TPSA) is 24.4 Å². The maximum absolute atomic E-state index is 4.55. The van der Waals surface area contributed by atoms with E-state index in [1.807, 2.05) is 7.05 Å². The van der Waals surface area contributed by atoms with Crippen molar-refractivity contribution >= 4 is 5.71 Å². The van der Waals surface area contributed by atoms with E-state index in [4.69, 9.17) is 0 Å². The van der Waals surface area contributed by atoms with Crippen LogP contribution in [0.5, 0.6) is 0 Å². The Kier molecular flexibility index (Phi) is 2.43. The zero-order chi connectivity index (χ0) is 11.0. The highest BCUT2D eigenvalue weighted by Gasteiger charge is 2.33. The van der Waals surface area contributed by atoms with Gasteiger partial charge in [0.25, 0.3) is 0 Å². The lowest BCUT2D eigenvalue weighted by Gasteiger charge is -2.37. The van der Waals surface area contributed by atoms with Gasteiger partial charge in [-0.3, -0.25) is 4.99 Å². The molecule has 0 spiro atoms. The lowest BCUT2D eigenvalue weighted by Crippen LogP contribution is -2.45. The lowest BCUT2D eigenvalue weighted by atomic mass is 9.78. The predicted octanol–water partition coefficient (Wildman–Crippen LogP) is 2.60. The van der Waals surface area contributed by atoms with Crippen molar-refractivity contribution in [2.24, 2.45) is 10.9 Å². The van der Waals surface area contributed by atoms with Gasteiger partial charge in [0.05, 0.1) is 6.04 Å². The minimum atomic E-state index is 0.431. The van der Waals surface area contributed by atoms with E-state index in [2.05, 4.69) is 34.6 Å². The molecule has 0 saturated heterocycles. The van der Waals surface area contributed by atoms with Crippen LogP contribution in [0.25, 0.3) is 0 Å². The van der Waals surface area contributed by atoms with E-state index >= 15 is 0 Å². The number of nitrogens with one attached hydrogen (secondary N) is 1. The van der Waals surface area contributed by atoms with Gasteiger partial charge in [0.1, 0.15) is 0 Å². The van der Waals surface area contributed by atoms with Gasteiger partial charge in [0.2, 0.25) is 0 Å². The largest absolute Gasteiger partial charge is 0.381 e. The second-order valence-corrected chi connectivity index (χ2v) is 4.74. The summed E-state index contributed by atoms with van der Waals surface area (Å²) in [5.74, 6) is 0.451. The first kappa shape index (κ1) is 9.88. The minimum absolute atomic E-state index is 0.431. The predicted molar refractivity (Wildman–Crippen MR) is 67.5 cm³/mol. The molecule has 3 aliphatic rings. The van der Waals surface area contributed by atoms with Gasteiger partial charge in [-0.15, -0.1) is 0 Å². The quantitative estimate of drug-likeness (QED) is 0.658. The number of aliphatic imine (C=N–C) groups is 1. The maximum Gasteiger partial charge on any atom is 0.0563 e. The summed E-state index contributed by atoms with van der Waals surface area (Å²) in [6.07, 6.45) is 13.9. The summed E-state index contributed by atoms with van der Waals surface area (Å²) in [5, 5.41) is 3.68. The van der Waals surface area contributed by atoms with Crippen molar-refractivity contribution in [1.29, 1.82) is 0 Å². The molecule has 1 N–H and O–H groups in total. The van der Waals surface area contributed by atoms with Gasteiger partial charge in [-0.25, -0.2) is 0 Å². The highest BCUT2D eigenvalue weighted by Crippen LogP contribution is 2.33. The Bertz CT molecular complexity index is 412. The van der Waals surface area contributed by atoms with Crippen molar-refractivity contribution in [2.45, 2.75) is 31.7 Å². The van der Waals surface area contributed by atoms with Crippen molar-refractivity contribution in [3.63, 3.8) is 0 Å². The zero-order valence-corrected chi connectivity index (χ0v) is 9.74. The van der Waals surface area contributed by atoms with Crippen molar-refractivity contribution in [2.75, 3.05) is 7.05 Å². The second-order valence-electron chi connectivity index (χ2n) is 4.74. The number of fused-ring (bicyclic) bond motifs is 1. The first-order valence-corrected chi connectivity index (χ1v) is 6.21. The molecular weight excluding hydrogens is 196 g/mol. The van der Waals surface area contributed by atoms with Crippen LogP contribution in [0.3, 0.4) is 0 Å². The normalized spacial score (nSPS) is 34.7. The van der Waals surface area contributed by atoms with Crippen LogP contribution in [0.15, 0.2) is 40.6 Å². The second kappa shape index (κ2) is 3.93. The molecule has 0 amide bonds. The van der Waals surface area contributed by atoms with Crippen LogP contribution < -0.4 is 5.32 Å². The van der Waals surface area contributed by atoms with Crippen LogP contribution in [0.4, 0.5) is 0 Å². The Balaban J connectivity index is 2.03. The van der Waals surface area contributed by atoms with Gasteiger partial charge in [0, 0.05) is 24.4 Å².